The fourth-order valence-corrected chi connectivity index (χ4v) is 2.48. The Kier molecular flexibility index (Phi) is 4.25. The molecule has 80 valence electrons. The first kappa shape index (κ1) is 11.4. The van der Waals surface area contributed by atoms with Gasteiger partial charge in [-0.2, -0.15) is 0 Å². The number of rotatable bonds is 2. The largest absolute Gasteiger partial charge is 0.462 e. The second-order valence-corrected chi connectivity index (χ2v) is 4.37. The molecule has 0 unspecified atom stereocenters. The van der Waals surface area contributed by atoms with Crippen molar-refractivity contribution in [1.82, 2.24) is 0 Å². The summed E-state index contributed by atoms with van der Waals surface area (Å²) >= 11 is 1.52. The Balaban J connectivity index is 2.24. The van der Waals surface area contributed by atoms with Crippen LogP contribution in [-0.2, 0) is 19.1 Å². The molecule has 1 fully saturated rings. The number of hydrogen-bond acceptors (Lipinski definition) is 5. The fraction of sp³-hybridized carbons (Fsp3) is 0.778. The molecule has 14 heavy (non-hydrogen) atoms. The molecule has 1 saturated heterocycles. The average molecular weight is 218 g/mol. The number of hydrogen-bond donors (Lipinski definition) is 0. The Labute approximate surface area is 87.3 Å². The van der Waals surface area contributed by atoms with Crippen molar-refractivity contribution >= 4 is 23.7 Å². The normalized spacial score (nSPS) is 26.7. The zero-order chi connectivity index (χ0) is 10.6. The maximum Gasteiger partial charge on any atom is 0.303 e. The lowest BCUT2D eigenvalue weighted by Gasteiger charge is -2.26. The minimum Gasteiger partial charge on any atom is -0.462 e. The highest BCUT2D eigenvalue weighted by Gasteiger charge is 2.25. The predicted octanol–water partition coefficient (Wildman–Crippen LogP) is 1.33. The van der Waals surface area contributed by atoms with E-state index in [-0.39, 0.29) is 23.5 Å². The minimum absolute atomic E-state index is 0.0238. The number of thioether (sulfide) groups is 1. The van der Waals surface area contributed by atoms with Crippen LogP contribution in [0, 0.1) is 0 Å². The van der Waals surface area contributed by atoms with Crippen LogP contribution in [0.4, 0.5) is 0 Å². The predicted molar refractivity (Wildman–Crippen MR) is 52.8 cm³/mol. The Morgan fingerprint density at radius 1 is 1.14 bits per heavy atom. The lowest BCUT2D eigenvalue weighted by Crippen LogP contribution is -2.28. The van der Waals surface area contributed by atoms with Crippen LogP contribution in [0.3, 0.4) is 0 Å². The van der Waals surface area contributed by atoms with Crippen LogP contribution in [-0.4, -0.2) is 29.2 Å². The number of esters is 2. The highest BCUT2D eigenvalue weighted by Crippen LogP contribution is 2.28. The first-order valence-corrected chi connectivity index (χ1v) is 5.59. The van der Waals surface area contributed by atoms with E-state index in [0.717, 1.165) is 12.8 Å². The molecule has 0 amide bonds. The van der Waals surface area contributed by atoms with E-state index >= 15 is 0 Å². The van der Waals surface area contributed by atoms with Crippen LogP contribution in [0.15, 0.2) is 0 Å². The second-order valence-electron chi connectivity index (χ2n) is 3.18. The van der Waals surface area contributed by atoms with E-state index in [1.54, 1.807) is 0 Å². The Bertz CT molecular complexity index is 197. The topological polar surface area (TPSA) is 52.6 Å². The van der Waals surface area contributed by atoms with E-state index < -0.39 is 0 Å². The standard InChI is InChI=1S/C9H14O4S/c1-6(10)12-8-3-4-9(14-5-8)13-7(2)11/h8-9H,3-5H2,1-2H3/t8-,9+/m0/s1. The summed E-state index contributed by atoms with van der Waals surface area (Å²) in [4.78, 5) is 21.3. The van der Waals surface area contributed by atoms with Gasteiger partial charge >= 0.3 is 11.9 Å². The minimum atomic E-state index is -0.256. The highest BCUT2D eigenvalue weighted by atomic mass is 32.2. The van der Waals surface area contributed by atoms with Gasteiger partial charge in [0.05, 0.1) is 0 Å². The summed E-state index contributed by atoms with van der Waals surface area (Å²) in [6.45, 7) is 2.81. The molecule has 0 aromatic rings. The van der Waals surface area contributed by atoms with Gasteiger partial charge in [-0.3, -0.25) is 9.59 Å². The van der Waals surface area contributed by atoms with Crippen molar-refractivity contribution in [3.05, 3.63) is 0 Å². The van der Waals surface area contributed by atoms with Gasteiger partial charge in [-0.05, 0) is 12.8 Å². The fourth-order valence-electron chi connectivity index (χ4n) is 1.31. The molecule has 0 spiro atoms. The Morgan fingerprint density at radius 3 is 2.21 bits per heavy atom. The van der Waals surface area contributed by atoms with Gasteiger partial charge in [-0.1, -0.05) is 0 Å². The SMILES string of the molecule is CC(=O)O[C@H]1CC[C@H](OC(C)=O)SC1. The molecule has 0 bridgehead atoms. The smallest absolute Gasteiger partial charge is 0.303 e. The lowest BCUT2D eigenvalue weighted by atomic mass is 10.2. The molecule has 0 aliphatic carbocycles. The van der Waals surface area contributed by atoms with Crippen molar-refractivity contribution in [1.29, 1.82) is 0 Å². The van der Waals surface area contributed by atoms with Crippen molar-refractivity contribution in [2.45, 2.75) is 38.2 Å². The maximum atomic E-state index is 10.7. The molecule has 0 N–H and O–H groups in total. The summed E-state index contributed by atoms with van der Waals surface area (Å²) in [5.74, 6) is 0.201. The Hall–Kier alpha value is -0.710. The molecule has 0 saturated carbocycles. The molecule has 1 rings (SSSR count). The monoisotopic (exact) mass is 218 g/mol. The van der Waals surface area contributed by atoms with Gasteiger partial charge in [-0.15, -0.1) is 11.8 Å². The van der Waals surface area contributed by atoms with Crippen molar-refractivity contribution in [3.63, 3.8) is 0 Å². The van der Waals surface area contributed by atoms with Gasteiger partial charge < -0.3 is 9.47 Å². The molecular weight excluding hydrogens is 204 g/mol. The summed E-state index contributed by atoms with van der Waals surface area (Å²) in [6.07, 6.45) is 1.50. The van der Waals surface area contributed by atoms with Crippen molar-refractivity contribution < 1.29 is 19.1 Å². The highest BCUT2D eigenvalue weighted by molar-refractivity contribution is 7.99. The molecule has 1 heterocycles. The van der Waals surface area contributed by atoms with Crippen molar-refractivity contribution in [2.24, 2.45) is 0 Å². The first-order valence-electron chi connectivity index (χ1n) is 4.54. The summed E-state index contributed by atoms with van der Waals surface area (Å²) < 4.78 is 10.1. The molecule has 0 aromatic carbocycles. The molecule has 4 nitrogen and oxygen atoms in total. The summed E-state index contributed by atoms with van der Waals surface area (Å²) in [5.41, 5.74) is -0.0701. The zero-order valence-electron chi connectivity index (χ0n) is 8.32. The van der Waals surface area contributed by atoms with E-state index in [4.69, 9.17) is 9.47 Å². The number of carbonyl (C=O) groups excluding carboxylic acids is 2. The van der Waals surface area contributed by atoms with E-state index in [9.17, 15) is 9.59 Å². The van der Waals surface area contributed by atoms with E-state index in [0.29, 0.717) is 5.75 Å². The first-order chi connectivity index (χ1) is 6.58. The summed E-state index contributed by atoms with van der Waals surface area (Å²) in [6, 6.07) is 0. The van der Waals surface area contributed by atoms with Crippen LogP contribution < -0.4 is 0 Å². The van der Waals surface area contributed by atoms with Gasteiger partial charge in [0.2, 0.25) is 0 Å². The molecule has 1 aliphatic rings. The average Bonchev–Trinajstić information content (AvgIpc) is 2.06. The van der Waals surface area contributed by atoms with Crippen LogP contribution in [0.25, 0.3) is 0 Å². The third kappa shape index (κ3) is 4.00. The van der Waals surface area contributed by atoms with Gasteiger partial charge in [0, 0.05) is 19.6 Å². The quantitative estimate of drug-likeness (QED) is 0.654. The summed E-state index contributed by atoms with van der Waals surface area (Å²) in [7, 11) is 0. The van der Waals surface area contributed by atoms with Crippen molar-refractivity contribution in [2.75, 3.05) is 5.75 Å². The molecule has 1 aliphatic heterocycles. The van der Waals surface area contributed by atoms with Gasteiger partial charge in [-0.25, -0.2) is 0 Å². The van der Waals surface area contributed by atoms with E-state index in [2.05, 4.69) is 0 Å². The molecule has 2 atom stereocenters. The van der Waals surface area contributed by atoms with Crippen LogP contribution >= 0.6 is 11.8 Å². The van der Waals surface area contributed by atoms with Crippen LogP contribution in [0.5, 0.6) is 0 Å². The van der Waals surface area contributed by atoms with Gasteiger partial charge in [0.15, 0.2) is 0 Å². The lowest BCUT2D eigenvalue weighted by molar-refractivity contribution is -0.148. The van der Waals surface area contributed by atoms with Gasteiger partial charge in [0.1, 0.15) is 11.5 Å². The number of ether oxygens (including phenoxy) is 2. The number of carbonyl (C=O) groups is 2. The molecular formula is C9H14O4S. The zero-order valence-corrected chi connectivity index (χ0v) is 9.13. The van der Waals surface area contributed by atoms with Crippen LogP contribution in [0.1, 0.15) is 26.7 Å². The van der Waals surface area contributed by atoms with E-state index in [1.165, 1.54) is 25.6 Å². The van der Waals surface area contributed by atoms with Crippen molar-refractivity contribution in [3.8, 4) is 0 Å². The molecule has 0 aromatic heterocycles. The van der Waals surface area contributed by atoms with E-state index in [1.807, 2.05) is 0 Å². The molecule has 0 radical (unpaired) electrons. The van der Waals surface area contributed by atoms with Crippen LogP contribution in [0.2, 0.25) is 0 Å². The maximum absolute atomic E-state index is 10.7. The third-order valence-corrected chi connectivity index (χ3v) is 3.09. The molecule has 5 heteroatoms. The second kappa shape index (κ2) is 5.24. The third-order valence-electron chi connectivity index (χ3n) is 1.82. The van der Waals surface area contributed by atoms with Gasteiger partial charge in [0.25, 0.3) is 0 Å². The Morgan fingerprint density at radius 2 is 1.79 bits per heavy atom. The summed E-state index contributed by atoms with van der Waals surface area (Å²) in [5, 5.41) is 0.